The van der Waals surface area contributed by atoms with Crippen molar-refractivity contribution in [2.75, 3.05) is 4.90 Å². The predicted octanol–water partition coefficient (Wildman–Crippen LogP) is 16.8. The molecule has 0 amide bonds. The molecule has 61 heavy (non-hydrogen) atoms. The molecule has 12 aromatic rings. The molecule has 3 nitrogen and oxygen atoms in total. The van der Waals surface area contributed by atoms with Gasteiger partial charge in [-0.05, 0) is 98.8 Å². The second-order valence-electron chi connectivity index (χ2n) is 15.6. The normalized spacial score (nSPS) is 11.6. The average Bonchev–Trinajstić information content (AvgIpc) is 3.91. The maximum Gasteiger partial charge on any atom is 0.143 e. The van der Waals surface area contributed by atoms with Gasteiger partial charge in [0.15, 0.2) is 0 Å². The van der Waals surface area contributed by atoms with Crippen molar-refractivity contribution in [3.63, 3.8) is 0 Å². The highest BCUT2D eigenvalue weighted by Crippen LogP contribution is 2.44. The van der Waals surface area contributed by atoms with E-state index in [2.05, 4.69) is 205 Å². The van der Waals surface area contributed by atoms with E-state index >= 15 is 0 Å². The summed E-state index contributed by atoms with van der Waals surface area (Å²) in [5.74, 6) is 0. The van der Waals surface area contributed by atoms with Crippen molar-refractivity contribution in [2.24, 2.45) is 0 Å². The van der Waals surface area contributed by atoms with Gasteiger partial charge < -0.3 is 13.7 Å². The van der Waals surface area contributed by atoms with Gasteiger partial charge >= 0.3 is 0 Å². The van der Waals surface area contributed by atoms with Gasteiger partial charge in [-0.25, -0.2) is 0 Å². The topological polar surface area (TPSA) is 29.5 Å². The first kappa shape index (κ1) is 34.9. The Balaban J connectivity index is 0.954. The molecule has 10 aromatic carbocycles. The molecule has 0 aliphatic heterocycles. The largest absolute Gasteiger partial charge is 0.456 e. The van der Waals surface area contributed by atoms with E-state index in [0.717, 1.165) is 88.8 Å². The van der Waals surface area contributed by atoms with E-state index in [1.54, 1.807) is 0 Å². The van der Waals surface area contributed by atoms with Gasteiger partial charge in [0.05, 0.1) is 5.69 Å². The molecule has 0 spiro atoms. The highest BCUT2D eigenvalue weighted by Gasteiger charge is 2.20. The van der Waals surface area contributed by atoms with Gasteiger partial charge in [-0.1, -0.05) is 170 Å². The first-order valence-electron chi connectivity index (χ1n) is 20.7. The summed E-state index contributed by atoms with van der Waals surface area (Å²) in [6, 6.07) is 80.0. The van der Waals surface area contributed by atoms with Crippen LogP contribution in [0.2, 0.25) is 0 Å². The Kier molecular flexibility index (Phi) is 8.17. The zero-order valence-corrected chi connectivity index (χ0v) is 33.1. The third-order valence-electron chi connectivity index (χ3n) is 12.1. The SMILES string of the molecule is c1ccc(N(c2ccc(-c3ccc(-c4cccc5ccccc45)cc3)cc2)c2ccc(-c3cccc4c3oc3ccccc34)cc2)c(-c2ccc3oc4ccccc4c3c2)c1. The number of fused-ring (bicyclic) bond motifs is 7. The van der Waals surface area contributed by atoms with E-state index in [1.165, 1.54) is 27.5 Å². The molecule has 0 bridgehead atoms. The van der Waals surface area contributed by atoms with Crippen LogP contribution in [0.25, 0.3) is 99.2 Å². The van der Waals surface area contributed by atoms with Crippen LogP contribution in [0.4, 0.5) is 17.1 Å². The van der Waals surface area contributed by atoms with Gasteiger partial charge in [0.25, 0.3) is 0 Å². The second-order valence-corrected chi connectivity index (χ2v) is 15.6. The number of furan rings is 2. The van der Waals surface area contributed by atoms with Crippen LogP contribution in [0.1, 0.15) is 0 Å². The van der Waals surface area contributed by atoms with Gasteiger partial charge in [0.1, 0.15) is 22.3 Å². The van der Waals surface area contributed by atoms with Crippen molar-refractivity contribution in [3.8, 4) is 44.5 Å². The van der Waals surface area contributed by atoms with Crippen LogP contribution in [0.5, 0.6) is 0 Å². The maximum absolute atomic E-state index is 6.45. The third kappa shape index (κ3) is 5.98. The molecule has 0 N–H and O–H groups in total. The molecule has 0 atom stereocenters. The van der Waals surface area contributed by atoms with E-state index in [-0.39, 0.29) is 0 Å². The molecule has 0 saturated carbocycles. The van der Waals surface area contributed by atoms with Gasteiger partial charge in [0.2, 0.25) is 0 Å². The van der Waals surface area contributed by atoms with E-state index < -0.39 is 0 Å². The molecule has 2 heterocycles. The second kappa shape index (κ2) is 14.3. The summed E-state index contributed by atoms with van der Waals surface area (Å²) in [7, 11) is 0. The van der Waals surface area contributed by atoms with Gasteiger partial charge in [-0.15, -0.1) is 0 Å². The first-order valence-corrected chi connectivity index (χ1v) is 20.7. The first-order chi connectivity index (χ1) is 30.2. The van der Waals surface area contributed by atoms with Gasteiger partial charge in [-0.2, -0.15) is 0 Å². The fraction of sp³-hybridized carbons (Fsp3) is 0. The van der Waals surface area contributed by atoms with Crippen LogP contribution in [-0.2, 0) is 0 Å². The smallest absolute Gasteiger partial charge is 0.143 e. The monoisotopic (exact) mass is 779 g/mol. The molecule has 0 fully saturated rings. The Morgan fingerprint density at radius 1 is 0.279 bits per heavy atom. The van der Waals surface area contributed by atoms with Crippen molar-refractivity contribution in [1.29, 1.82) is 0 Å². The molecule has 2 aromatic heterocycles. The van der Waals surface area contributed by atoms with E-state index in [0.29, 0.717) is 0 Å². The van der Waals surface area contributed by atoms with Crippen molar-refractivity contribution < 1.29 is 8.83 Å². The van der Waals surface area contributed by atoms with Crippen LogP contribution < -0.4 is 4.90 Å². The number of rotatable bonds is 7. The Morgan fingerprint density at radius 3 is 1.52 bits per heavy atom. The minimum atomic E-state index is 0.884. The molecule has 3 heteroatoms. The lowest BCUT2D eigenvalue weighted by molar-refractivity contribution is 0.669. The van der Waals surface area contributed by atoms with Gasteiger partial charge in [-0.3, -0.25) is 0 Å². The van der Waals surface area contributed by atoms with Crippen molar-refractivity contribution in [2.45, 2.75) is 0 Å². The summed E-state index contributed by atoms with van der Waals surface area (Å²) in [5.41, 5.74) is 16.0. The molecular weight excluding hydrogens is 743 g/mol. The van der Waals surface area contributed by atoms with Crippen molar-refractivity contribution in [3.05, 3.63) is 224 Å². The Morgan fingerprint density at radius 2 is 0.754 bits per heavy atom. The van der Waals surface area contributed by atoms with Crippen molar-refractivity contribution in [1.82, 2.24) is 0 Å². The maximum atomic E-state index is 6.45. The molecule has 12 rings (SSSR count). The van der Waals surface area contributed by atoms with Crippen LogP contribution in [0.15, 0.2) is 233 Å². The summed E-state index contributed by atoms with van der Waals surface area (Å²) < 4.78 is 12.7. The molecule has 0 radical (unpaired) electrons. The van der Waals surface area contributed by atoms with Crippen LogP contribution in [0, 0.1) is 0 Å². The Hall–Kier alpha value is -8.14. The molecule has 0 unspecified atom stereocenters. The lowest BCUT2D eigenvalue weighted by atomic mass is 9.96. The number of hydrogen-bond donors (Lipinski definition) is 0. The molecule has 0 aliphatic carbocycles. The third-order valence-corrected chi connectivity index (χ3v) is 12.1. The van der Waals surface area contributed by atoms with Gasteiger partial charge in [0, 0.05) is 44.0 Å². The van der Waals surface area contributed by atoms with Crippen LogP contribution in [0.3, 0.4) is 0 Å². The number of benzene rings is 10. The van der Waals surface area contributed by atoms with Crippen LogP contribution in [-0.4, -0.2) is 0 Å². The zero-order valence-electron chi connectivity index (χ0n) is 33.1. The standard InChI is InChI=1S/C58H37NO2/c1-2-13-46-40(11-1)12-9-17-47(46)41-25-23-38(24-26-41)39-27-32-44(33-28-39)59(45-34-29-42(30-35-45)49-18-10-19-52-50-15-4-8-22-56(50)61-58(49)52)54-20-6-3-14-48(54)43-31-36-57-53(37-43)51-16-5-7-21-55(51)60-57/h1-37H. The quantitative estimate of drug-likeness (QED) is 0.161. The van der Waals surface area contributed by atoms with E-state index in [9.17, 15) is 0 Å². The number of hydrogen-bond acceptors (Lipinski definition) is 3. The minimum absolute atomic E-state index is 0.884. The highest BCUT2D eigenvalue weighted by atomic mass is 16.3. The summed E-state index contributed by atoms with van der Waals surface area (Å²) in [6.45, 7) is 0. The van der Waals surface area contributed by atoms with E-state index in [4.69, 9.17) is 8.83 Å². The molecule has 0 saturated heterocycles. The highest BCUT2D eigenvalue weighted by molar-refractivity contribution is 6.10. The lowest BCUT2D eigenvalue weighted by Gasteiger charge is -2.28. The van der Waals surface area contributed by atoms with Crippen LogP contribution >= 0.6 is 0 Å². The zero-order chi connectivity index (χ0) is 40.3. The summed E-state index contributed by atoms with van der Waals surface area (Å²) in [5, 5.41) is 6.99. The fourth-order valence-electron chi connectivity index (χ4n) is 9.12. The number of anilines is 3. The summed E-state index contributed by atoms with van der Waals surface area (Å²) in [6.07, 6.45) is 0. The summed E-state index contributed by atoms with van der Waals surface area (Å²) >= 11 is 0. The van der Waals surface area contributed by atoms with Crippen molar-refractivity contribution >= 4 is 71.7 Å². The fourth-order valence-corrected chi connectivity index (χ4v) is 9.12. The minimum Gasteiger partial charge on any atom is -0.456 e. The Bertz CT molecular complexity index is 3570. The average molecular weight is 780 g/mol. The molecule has 286 valence electrons. The predicted molar refractivity (Wildman–Crippen MR) is 255 cm³/mol. The Labute approximate surface area is 353 Å². The molecule has 0 aliphatic rings. The number of nitrogens with zero attached hydrogens (tertiary/aromatic N) is 1. The van der Waals surface area contributed by atoms with E-state index in [1.807, 2.05) is 24.3 Å². The molecular formula is C58H37NO2. The summed E-state index contributed by atoms with van der Waals surface area (Å²) in [4.78, 5) is 2.37. The number of para-hydroxylation sites is 4. The lowest BCUT2D eigenvalue weighted by Crippen LogP contribution is -2.11.